The minimum absolute atomic E-state index is 0.350. The van der Waals surface area contributed by atoms with Gasteiger partial charge < -0.3 is 9.47 Å². The third-order valence-corrected chi connectivity index (χ3v) is 5.69. The van der Waals surface area contributed by atoms with E-state index in [-0.39, 0.29) is 0 Å². The van der Waals surface area contributed by atoms with Gasteiger partial charge in [-0.2, -0.15) is 0 Å². The molecule has 1 aromatic heterocycles. The van der Waals surface area contributed by atoms with Crippen LogP contribution in [0.2, 0.25) is 5.02 Å². The molecule has 1 saturated carbocycles. The molecule has 1 heterocycles. The molecule has 27 heavy (non-hydrogen) atoms. The van der Waals surface area contributed by atoms with E-state index in [9.17, 15) is 0 Å². The fourth-order valence-corrected chi connectivity index (χ4v) is 4.08. The highest BCUT2D eigenvalue weighted by Gasteiger charge is 2.30. The molecular weight excluding hydrogens is 382 g/mol. The average molecular weight is 402 g/mol. The van der Waals surface area contributed by atoms with Crippen LogP contribution in [0.5, 0.6) is 11.5 Å². The smallest absolute Gasteiger partial charge is 0.191 e. The Morgan fingerprint density at radius 1 is 1.07 bits per heavy atom. The first-order valence-electron chi connectivity index (χ1n) is 8.82. The number of methoxy groups -OCH3 is 1. The number of nitrogens with zero attached hydrogens (tertiary/aromatic N) is 3. The Morgan fingerprint density at radius 3 is 2.56 bits per heavy atom. The Balaban J connectivity index is 1.48. The van der Waals surface area contributed by atoms with Crippen LogP contribution in [0.3, 0.4) is 0 Å². The van der Waals surface area contributed by atoms with Gasteiger partial charge in [-0.25, -0.2) is 0 Å². The zero-order valence-electron chi connectivity index (χ0n) is 15.0. The molecule has 0 bridgehead atoms. The first kappa shape index (κ1) is 18.2. The Bertz CT molecular complexity index is 927. The van der Waals surface area contributed by atoms with Crippen LogP contribution < -0.4 is 9.47 Å². The molecule has 4 rings (SSSR count). The Labute approximate surface area is 167 Å². The van der Waals surface area contributed by atoms with Crippen LogP contribution in [0.1, 0.15) is 30.3 Å². The quantitative estimate of drug-likeness (QED) is 0.489. The van der Waals surface area contributed by atoms with Crippen molar-refractivity contribution < 1.29 is 9.47 Å². The van der Waals surface area contributed by atoms with Crippen molar-refractivity contribution >= 4 is 23.4 Å². The maximum absolute atomic E-state index is 6.17. The monoisotopic (exact) mass is 401 g/mol. The Morgan fingerprint density at radius 2 is 1.81 bits per heavy atom. The predicted octanol–water partition coefficient (Wildman–Crippen LogP) is 5.15. The summed E-state index contributed by atoms with van der Waals surface area (Å²) in [4.78, 5) is 0. The zero-order chi connectivity index (χ0) is 18.6. The second-order valence-corrected chi connectivity index (χ2v) is 7.67. The van der Waals surface area contributed by atoms with Gasteiger partial charge in [0, 0.05) is 17.4 Å². The number of ether oxygens (including phenoxy) is 2. The summed E-state index contributed by atoms with van der Waals surface area (Å²) >= 11 is 7.84. The van der Waals surface area contributed by atoms with Crippen molar-refractivity contribution in [2.75, 3.05) is 7.11 Å². The van der Waals surface area contributed by atoms with Crippen molar-refractivity contribution in [3.8, 4) is 11.5 Å². The first-order chi connectivity index (χ1) is 13.3. The summed E-state index contributed by atoms with van der Waals surface area (Å²) < 4.78 is 13.5. The van der Waals surface area contributed by atoms with Gasteiger partial charge in [0.15, 0.2) is 11.0 Å². The summed E-state index contributed by atoms with van der Waals surface area (Å²) in [6, 6.07) is 16.0. The SMILES string of the molecule is COc1ccccc1CSc1nnc(COc2ccccc2Cl)n1C1CC1. The number of hydrogen-bond donors (Lipinski definition) is 0. The molecule has 0 amide bonds. The standard InChI is InChI=1S/C20H20ClN3O2S/c1-25-17-8-4-2-6-14(17)13-27-20-23-22-19(24(20)15-10-11-15)12-26-18-9-5-3-7-16(18)21/h2-9,15H,10-13H2,1H3. The second kappa shape index (κ2) is 8.23. The molecule has 0 saturated heterocycles. The lowest BCUT2D eigenvalue weighted by Gasteiger charge is -2.11. The van der Waals surface area contributed by atoms with Gasteiger partial charge in [-0.3, -0.25) is 4.57 Å². The normalized spacial score (nSPS) is 13.6. The lowest BCUT2D eigenvalue weighted by molar-refractivity contribution is 0.288. The molecule has 3 aromatic rings. The number of halogens is 1. The van der Waals surface area contributed by atoms with Crippen LogP contribution in [-0.4, -0.2) is 21.9 Å². The number of benzene rings is 2. The largest absolute Gasteiger partial charge is 0.496 e. The van der Waals surface area contributed by atoms with E-state index in [1.807, 2.05) is 42.5 Å². The third-order valence-electron chi connectivity index (χ3n) is 4.39. The molecule has 2 aromatic carbocycles. The number of thioether (sulfide) groups is 1. The van der Waals surface area contributed by atoms with Crippen molar-refractivity contribution in [2.45, 2.75) is 36.4 Å². The molecule has 1 aliphatic rings. The van der Waals surface area contributed by atoms with E-state index in [0.717, 1.165) is 40.9 Å². The highest BCUT2D eigenvalue weighted by molar-refractivity contribution is 7.98. The summed E-state index contributed by atoms with van der Waals surface area (Å²) in [5, 5.41) is 10.3. The molecule has 0 N–H and O–H groups in total. The number of aromatic nitrogens is 3. The van der Waals surface area contributed by atoms with Gasteiger partial charge in [0.1, 0.15) is 18.1 Å². The minimum atomic E-state index is 0.350. The van der Waals surface area contributed by atoms with Crippen LogP contribution in [0.4, 0.5) is 0 Å². The van der Waals surface area contributed by atoms with E-state index in [2.05, 4.69) is 20.8 Å². The van der Waals surface area contributed by atoms with Gasteiger partial charge in [0.25, 0.3) is 0 Å². The summed E-state index contributed by atoms with van der Waals surface area (Å²) in [5.41, 5.74) is 1.14. The van der Waals surface area contributed by atoms with Crippen LogP contribution in [0, 0.1) is 0 Å². The lowest BCUT2D eigenvalue weighted by Crippen LogP contribution is -2.07. The topological polar surface area (TPSA) is 49.2 Å². The molecule has 140 valence electrons. The van der Waals surface area contributed by atoms with E-state index in [1.165, 1.54) is 0 Å². The van der Waals surface area contributed by atoms with Gasteiger partial charge in [-0.15, -0.1) is 10.2 Å². The number of hydrogen-bond acceptors (Lipinski definition) is 5. The van der Waals surface area contributed by atoms with Crippen LogP contribution in [0.25, 0.3) is 0 Å². The predicted molar refractivity (Wildman–Crippen MR) is 107 cm³/mol. The highest BCUT2D eigenvalue weighted by Crippen LogP contribution is 2.40. The molecule has 0 unspecified atom stereocenters. The second-order valence-electron chi connectivity index (χ2n) is 6.32. The lowest BCUT2D eigenvalue weighted by atomic mass is 10.2. The summed E-state index contributed by atoms with van der Waals surface area (Å²) in [5.74, 6) is 3.16. The van der Waals surface area contributed by atoms with E-state index in [4.69, 9.17) is 21.1 Å². The van der Waals surface area contributed by atoms with E-state index in [1.54, 1.807) is 18.9 Å². The molecule has 5 nitrogen and oxygen atoms in total. The molecule has 7 heteroatoms. The van der Waals surface area contributed by atoms with Gasteiger partial charge in [0.05, 0.1) is 12.1 Å². The third kappa shape index (κ3) is 4.22. The zero-order valence-corrected chi connectivity index (χ0v) is 16.5. The van der Waals surface area contributed by atoms with Gasteiger partial charge in [-0.1, -0.05) is 53.7 Å². The summed E-state index contributed by atoms with van der Waals surface area (Å²) in [6.07, 6.45) is 2.30. The van der Waals surface area contributed by atoms with Crippen LogP contribution in [-0.2, 0) is 12.4 Å². The first-order valence-corrected chi connectivity index (χ1v) is 10.2. The van der Waals surface area contributed by atoms with Crippen molar-refractivity contribution in [3.05, 3.63) is 64.9 Å². The van der Waals surface area contributed by atoms with Gasteiger partial charge in [-0.05, 0) is 31.0 Å². The maximum atomic E-state index is 6.17. The highest BCUT2D eigenvalue weighted by atomic mass is 35.5. The Hall–Kier alpha value is -2.18. The number of para-hydroxylation sites is 2. The minimum Gasteiger partial charge on any atom is -0.496 e. The number of rotatable bonds is 8. The van der Waals surface area contributed by atoms with Crippen LogP contribution in [0.15, 0.2) is 53.7 Å². The van der Waals surface area contributed by atoms with Gasteiger partial charge >= 0.3 is 0 Å². The summed E-state index contributed by atoms with van der Waals surface area (Å²) in [7, 11) is 1.69. The fourth-order valence-electron chi connectivity index (χ4n) is 2.87. The van der Waals surface area contributed by atoms with Crippen molar-refractivity contribution in [3.63, 3.8) is 0 Å². The Kier molecular flexibility index (Phi) is 5.55. The molecule has 1 fully saturated rings. The fraction of sp³-hybridized carbons (Fsp3) is 0.300. The molecule has 1 aliphatic carbocycles. The van der Waals surface area contributed by atoms with Crippen molar-refractivity contribution in [2.24, 2.45) is 0 Å². The molecule has 0 radical (unpaired) electrons. The van der Waals surface area contributed by atoms with E-state index >= 15 is 0 Å². The van der Waals surface area contributed by atoms with Crippen molar-refractivity contribution in [1.82, 2.24) is 14.8 Å². The van der Waals surface area contributed by atoms with Gasteiger partial charge in [0.2, 0.25) is 0 Å². The van der Waals surface area contributed by atoms with Crippen molar-refractivity contribution in [1.29, 1.82) is 0 Å². The van der Waals surface area contributed by atoms with E-state index < -0.39 is 0 Å². The molecular formula is C20H20ClN3O2S. The molecule has 0 spiro atoms. The van der Waals surface area contributed by atoms with E-state index in [0.29, 0.717) is 23.4 Å². The average Bonchev–Trinajstić information content (AvgIpc) is 3.46. The molecule has 0 atom stereocenters. The molecule has 0 aliphatic heterocycles. The maximum Gasteiger partial charge on any atom is 0.191 e. The summed E-state index contributed by atoms with van der Waals surface area (Å²) in [6.45, 7) is 0.350. The van der Waals surface area contributed by atoms with Crippen LogP contribution >= 0.6 is 23.4 Å².